The molecule has 0 radical (unpaired) electrons. The van der Waals surface area contributed by atoms with E-state index in [0.29, 0.717) is 19.3 Å². The number of ether oxygens (including phenoxy) is 3. The largest absolute Gasteiger partial charge is 0.462 e. The molecule has 0 N–H and O–H groups in total. The van der Waals surface area contributed by atoms with Crippen LogP contribution in [0.1, 0.15) is 432 Å². The van der Waals surface area contributed by atoms with Crippen LogP contribution in [0.5, 0.6) is 0 Å². The molecule has 0 aromatic heterocycles. The van der Waals surface area contributed by atoms with Crippen molar-refractivity contribution in [2.24, 2.45) is 0 Å². The second kappa shape index (κ2) is 68.9. The fraction of sp³-hybridized carbons (Fsp3) is 0.959. The highest BCUT2D eigenvalue weighted by molar-refractivity contribution is 5.71. The van der Waals surface area contributed by atoms with Crippen molar-refractivity contribution in [3.8, 4) is 0 Å². The van der Waals surface area contributed by atoms with Crippen LogP contribution in [0.15, 0.2) is 0 Å². The molecule has 0 rings (SSSR count). The fourth-order valence-electron chi connectivity index (χ4n) is 11.6. The van der Waals surface area contributed by atoms with Gasteiger partial charge in [0.25, 0.3) is 0 Å². The molecule has 1 unspecified atom stereocenters. The van der Waals surface area contributed by atoms with Gasteiger partial charge in [0, 0.05) is 19.3 Å². The van der Waals surface area contributed by atoms with E-state index < -0.39 is 6.10 Å². The molecule has 470 valence electrons. The van der Waals surface area contributed by atoms with E-state index in [9.17, 15) is 14.4 Å². The van der Waals surface area contributed by atoms with E-state index in [1.54, 1.807) is 0 Å². The Morgan fingerprint density at radius 1 is 0.203 bits per heavy atom. The summed E-state index contributed by atoms with van der Waals surface area (Å²) < 4.78 is 16.9. The van der Waals surface area contributed by atoms with E-state index in [1.165, 1.54) is 334 Å². The van der Waals surface area contributed by atoms with Gasteiger partial charge in [0.1, 0.15) is 13.2 Å². The number of unbranched alkanes of at least 4 members (excludes halogenated alkanes) is 58. The molecule has 0 heterocycles. The van der Waals surface area contributed by atoms with Gasteiger partial charge in [-0.05, 0) is 19.3 Å². The lowest BCUT2D eigenvalue weighted by molar-refractivity contribution is -0.167. The summed E-state index contributed by atoms with van der Waals surface area (Å²) in [7, 11) is 0. The third-order valence-corrected chi connectivity index (χ3v) is 17.1. The van der Waals surface area contributed by atoms with Gasteiger partial charge in [-0.15, -0.1) is 0 Å². The Hall–Kier alpha value is -1.59. The maximum atomic E-state index is 12.9. The molecule has 0 aromatic carbocycles. The van der Waals surface area contributed by atoms with Crippen molar-refractivity contribution < 1.29 is 28.6 Å². The third kappa shape index (κ3) is 67.1. The molecule has 79 heavy (non-hydrogen) atoms. The molecule has 0 saturated carbocycles. The van der Waals surface area contributed by atoms with E-state index in [-0.39, 0.29) is 31.1 Å². The second-order valence-electron chi connectivity index (χ2n) is 25.2. The van der Waals surface area contributed by atoms with Crippen LogP contribution in [0.4, 0.5) is 0 Å². The lowest BCUT2D eigenvalue weighted by Gasteiger charge is -2.18. The van der Waals surface area contributed by atoms with Crippen LogP contribution in [-0.2, 0) is 28.6 Å². The first-order chi connectivity index (χ1) is 39.0. The minimum Gasteiger partial charge on any atom is -0.462 e. The van der Waals surface area contributed by atoms with Crippen molar-refractivity contribution in [3.05, 3.63) is 0 Å². The van der Waals surface area contributed by atoms with Gasteiger partial charge < -0.3 is 14.2 Å². The minimum absolute atomic E-state index is 0.0612. The maximum Gasteiger partial charge on any atom is 0.306 e. The number of esters is 3. The molecule has 6 heteroatoms. The Morgan fingerprint density at radius 2 is 0.342 bits per heavy atom. The molecule has 0 bridgehead atoms. The molecule has 1 atom stereocenters. The number of hydrogen-bond donors (Lipinski definition) is 0. The Morgan fingerprint density at radius 3 is 0.506 bits per heavy atom. The first-order valence-corrected chi connectivity index (χ1v) is 36.5. The summed E-state index contributed by atoms with van der Waals surface area (Å²) in [5.41, 5.74) is 0. The summed E-state index contributed by atoms with van der Waals surface area (Å²) in [5.74, 6) is -0.831. The highest BCUT2D eigenvalue weighted by Crippen LogP contribution is 2.20. The standard InChI is InChI=1S/C73H142O6/c1-4-7-10-13-16-18-20-22-24-26-28-30-32-34-36-38-40-42-44-46-48-50-52-54-57-60-63-66-72(75)78-69-70(68-77-71(74)65-62-59-56-15-12-9-6-3)79-73(76)67-64-61-58-55-53-51-49-47-45-43-41-39-37-35-33-31-29-27-25-23-21-19-17-14-11-8-5-2/h70H,4-69H2,1-3H3. The van der Waals surface area contributed by atoms with E-state index in [2.05, 4.69) is 20.8 Å². The first-order valence-electron chi connectivity index (χ1n) is 36.5. The summed E-state index contributed by atoms with van der Waals surface area (Å²) in [5, 5.41) is 0. The zero-order chi connectivity index (χ0) is 57.1. The van der Waals surface area contributed by atoms with Gasteiger partial charge in [0.15, 0.2) is 6.10 Å². The smallest absolute Gasteiger partial charge is 0.306 e. The van der Waals surface area contributed by atoms with Crippen LogP contribution in [-0.4, -0.2) is 37.2 Å². The molecule has 0 aromatic rings. The monoisotopic (exact) mass is 1120 g/mol. The van der Waals surface area contributed by atoms with Gasteiger partial charge in [-0.1, -0.05) is 393 Å². The van der Waals surface area contributed by atoms with Crippen molar-refractivity contribution >= 4 is 17.9 Å². The minimum atomic E-state index is -0.762. The van der Waals surface area contributed by atoms with Crippen LogP contribution >= 0.6 is 0 Å². The predicted octanol–water partition coefficient (Wildman–Crippen LogP) is 25.0. The lowest BCUT2D eigenvalue weighted by Crippen LogP contribution is -2.30. The van der Waals surface area contributed by atoms with Crippen molar-refractivity contribution in [2.75, 3.05) is 13.2 Å². The van der Waals surface area contributed by atoms with Crippen LogP contribution in [0, 0.1) is 0 Å². The fourth-order valence-corrected chi connectivity index (χ4v) is 11.6. The number of carbonyl (C=O) groups is 3. The summed E-state index contributed by atoms with van der Waals surface area (Å²) in [6, 6.07) is 0. The van der Waals surface area contributed by atoms with Gasteiger partial charge in [0.05, 0.1) is 0 Å². The van der Waals surface area contributed by atoms with Gasteiger partial charge in [0.2, 0.25) is 0 Å². The molecule has 0 fully saturated rings. The third-order valence-electron chi connectivity index (χ3n) is 17.1. The topological polar surface area (TPSA) is 78.9 Å². The number of hydrogen-bond acceptors (Lipinski definition) is 6. The second-order valence-corrected chi connectivity index (χ2v) is 25.2. The SMILES string of the molecule is CCCCCCCCCCCCCCCCCCCCCCCCCCCCCC(=O)OCC(COC(=O)CCCCCCCCC)OC(=O)CCCCCCCCCCCCCCCCCCCCCCCCCCCCC. The molecule has 0 amide bonds. The zero-order valence-corrected chi connectivity index (χ0v) is 54.2. The van der Waals surface area contributed by atoms with Crippen molar-refractivity contribution in [1.82, 2.24) is 0 Å². The number of rotatable bonds is 69. The van der Waals surface area contributed by atoms with Crippen LogP contribution < -0.4 is 0 Å². The summed E-state index contributed by atoms with van der Waals surface area (Å²) in [6.45, 7) is 6.70. The predicted molar refractivity (Wildman–Crippen MR) is 344 cm³/mol. The molecule has 0 aliphatic carbocycles. The van der Waals surface area contributed by atoms with Crippen molar-refractivity contribution in [1.29, 1.82) is 0 Å². The zero-order valence-electron chi connectivity index (χ0n) is 54.2. The number of carbonyl (C=O) groups excluding carboxylic acids is 3. The average molecular weight is 1120 g/mol. The first kappa shape index (κ1) is 77.4. The highest BCUT2D eigenvalue weighted by Gasteiger charge is 2.20. The van der Waals surface area contributed by atoms with Crippen molar-refractivity contribution in [3.63, 3.8) is 0 Å². The van der Waals surface area contributed by atoms with Crippen LogP contribution in [0.2, 0.25) is 0 Å². The summed E-state index contributed by atoms with van der Waals surface area (Å²) in [6.07, 6.45) is 81.9. The Kier molecular flexibility index (Phi) is 67.5. The highest BCUT2D eigenvalue weighted by atomic mass is 16.6. The Balaban J connectivity index is 3.97. The van der Waals surface area contributed by atoms with Gasteiger partial charge in [-0.2, -0.15) is 0 Å². The quantitative estimate of drug-likeness (QED) is 0.0343. The normalized spacial score (nSPS) is 11.9. The molecule has 0 spiro atoms. The van der Waals surface area contributed by atoms with Crippen LogP contribution in [0.25, 0.3) is 0 Å². The molecular weight excluding hydrogens is 973 g/mol. The molecule has 0 aliphatic heterocycles. The average Bonchev–Trinajstić information content (AvgIpc) is 3.45. The molecular formula is C73H142O6. The maximum absolute atomic E-state index is 12.9. The Labute approximate surface area is 495 Å². The molecule has 6 nitrogen and oxygen atoms in total. The van der Waals surface area contributed by atoms with Gasteiger partial charge in [-0.25, -0.2) is 0 Å². The van der Waals surface area contributed by atoms with E-state index >= 15 is 0 Å². The van der Waals surface area contributed by atoms with E-state index in [1.807, 2.05) is 0 Å². The summed E-state index contributed by atoms with van der Waals surface area (Å²) in [4.78, 5) is 38.2. The lowest BCUT2D eigenvalue weighted by atomic mass is 10.0. The van der Waals surface area contributed by atoms with Crippen LogP contribution in [0.3, 0.4) is 0 Å². The molecule has 0 aliphatic rings. The van der Waals surface area contributed by atoms with E-state index in [0.717, 1.165) is 57.8 Å². The molecule has 0 saturated heterocycles. The van der Waals surface area contributed by atoms with Crippen molar-refractivity contribution in [2.45, 2.75) is 438 Å². The summed E-state index contributed by atoms with van der Waals surface area (Å²) >= 11 is 0. The van der Waals surface area contributed by atoms with Gasteiger partial charge in [-0.3, -0.25) is 14.4 Å². The van der Waals surface area contributed by atoms with Gasteiger partial charge >= 0.3 is 17.9 Å². The Bertz CT molecular complexity index is 1190. The van der Waals surface area contributed by atoms with E-state index in [4.69, 9.17) is 14.2 Å².